The minimum absolute atomic E-state index is 0.201. The average Bonchev–Trinajstić information content (AvgIpc) is 2.15. The van der Waals surface area contributed by atoms with Crippen molar-refractivity contribution in [3.8, 4) is 0 Å². The molecule has 0 heterocycles. The molecule has 0 bridgehead atoms. The zero-order valence-electron chi connectivity index (χ0n) is 8.45. The lowest BCUT2D eigenvalue weighted by molar-refractivity contribution is -0.137. The summed E-state index contributed by atoms with van der Waals surface area (Å²) in [5, 5.41) is 8.41. The van der Waals surface area contributed by atoms with Crippen LogP contribution in [0.15, 0.2) is 0 Å². The van der Waals surface area contributed by atoms with Gasteiger partial charge in [0.05, 0.1) is 6.10 Å². The van der Waals surface area contributed by atoms with Crippen LogP contribution in [0, 0.1) is 0 Å². The third-order valence-corrected chi connectivity index (χ3v) is 2.61. The van der Waals surface area contributed by atoms with E-state index in [0.717, 1.165) is 25.7 Å². The number of carboxylic acid groups (broad SMARTS) is 1. The van der Waals surface area contributed by atoms with E-state index in [1.54, 1.807) is 0 Å². The largest absolute Gasteiger partial charge is 0.481 e. The first-order valence-corrected chi connectivity index (χ1v) is 5.27. The lowest BCUT2D eigenvalue weighted by atomic mass is 9.94. The first-order chi connectivity index (χ1) is 6.68. The fourth-order valence-corrected chi connectivity index (χ4v) is 1.73. The standard InChI is InChI=1S/C10H19NO3/c11-8-3-5-9(6-4-8)14-7-1-2-10(12)13/h8-9H,1-7,11H2,(H,12,13). The summed E-state index contributed by atoms with van der Waals surface area (Å²) in [6.07, 6.45) is 5.23. The molecule has 1 saturated carbocycles. The molecule has 3 N–H and O–H groups in total. The highest BCUT2D eigenvalue weighted by molar-refractivity contribution is 5.66. The molecular formula is C10H19NO3. The lowest BCUT2D eigenvalue weighted by Crippen LogP contribution is -2.30. The Kier molecular flexibility index (Phi) is 4.90. The maximum atomic E-state index is 10.2. The van der Waals surface area contributed by atoms with Gasteiger partial charge in [0.2, 0.25) is 0 Å². The minimum Gasteiger partial charge on any atom is -0.481 e. The topological polar surface area (TPSA) is 72.5 Å². The summed E-state index contributed by atoms with van der Waals surface area (Å²) >= 11 is 0. The Balaban J connectivity index is 1.99. The number of carbonyl (C=O) groups is 1. The minimum atomic E-state index is -0.751. The number of hydrogen-bond acceptors (Lipinski definition) is 3. The SMILES string of the molecule is NC1CCC(OCCCC(=O)O)CC1. The Hall–Kier alpha value is -0.610. The van der Waals surface area contributed by atoms with Crippen LogP contribution in [0.3, 0.4) is 0 Å². The van der Waals surface area contributed by atoms with Gasteiger partial charge < -0.3 is 15.6 Å². The van der Waals surface area contributed by atoms with Crippen LogP contribution in [-0.2, 0) is 9.53 Å². The van der Waals surface area contributed by atoms with Crippen molar-refractivity contribution in [3.05, 3.63) is 0 Å². The molecule has 0 unspecified atom stereocenters. The number of carboxylic acids is 1. The molecular weight excluding hydrogens is 182 g/mol. The summed E-state index contributed by atoms with van der Waals surface area (Å²) in [5.41, 5.74) is 5.76. The second-order valence-corrected chi connectivity index (χ2v) is 3.90. The van der Waals surface area contributed by atoms with E-state index in [9.17, 15) is 4.79 Å². The Morgan fingerprint density at radius 1 is 1.36 bits per heavy atom. The van der Waals surface area contributed by atoms with Crippen molar-refractivity contribution in [3.63, 3.8) is 0 Å². The summed E-state index contributed by atoms with van der Waals surface area (Å²) in [7, 11) is 0. The molecule has 0 radical (unpaired) electrons. The maximum absolute atomic E-state index is 10.2. The van der Waals surface area contributed by atoms with Crippen LogP contribution >= 0.6 is 0 Å². The fourth-order valence-electron chi connectivity index (χ4n) is 1.73. The number of rotatable bonds is 5. The second-order valence-electron chi connectivity index (χ2n) is 3.90. The van der Waals surface area contributed by atoms with Crippen molar-refractivity contribution in [2.24, 2.45) is 5.73 Å². The quantitative estimate of drug-likeness (QED) is 0.654. The van der Waals surface area contributed by atoms with E-state index in [0.29, 0.717) is 25.2 Å². The van der Waals surface area contributed by atoms with Crippen molar-refractivity contribution in [2.45, 2.75) is 50.7 Å². The van der Waals surface area contributed by atoms with Crippen molar-refractivity contribution in [2.75, 3.05) is 6.61 Å². The van der Waals surface area contributed by atoms with E-state index < -0.39 is 5.97 Å². The molecule has 1 aliphatic carbocycles. The molecule has 1 fully saturated rings. The molecule has 4 nitrogen and oxygen atoms in total. The van der Waals surface area contributed by atoms with Gasteiger partial charge in [0.25, 0.3) is 0 Å². The van der Waals surface area contributed by atoms with Gasteiger partial charge in [-0.15, -0.1) is 0 Å². The third kappa shape index (κ3) is 4.58. The van der Waals surface area contributed by atoms with Crippen LogP contribution in [0.1, 0.15) is 38.5 Å². The monoisotopic (exact) mass is 201 g/mol. The number of nitrogens with two attached hydrogens (primary N) is 1. The highest BCUT2D eigenvalue weighted by atomic mass is 16.5. The molecule has 0 aromatic carbocycles. The molecule has 0 aliphatic heterocycles. The van der Waals surface area contributed by atoms with Gasteiger partial charge in [0.1, 0.15) is 0 Å². The highest BCUT2D eigenvalue weighted by Gasteiger charge is 2.18. The molecule has 0 aromatic heterocycles. The van der Waals surface area contributed by atoms with Crippen LogP contribution in [0.2, 0.25) is 0 Å². The van der Waals surface area contributed by atoms with Gasteiger partial charge >= 0.3 is 5.97 Å². The van der Waals surface area contributed by atoms with Crippen molar-refractivity contribution >= 4 is 5.97 Å². The Labute approximate surface area is 84.4 Å². The van der Waals surface area contributed by atoms with Gasteiger partial charge in [0, 0.05) is 19.1 Å². The highest BCUT2D eigenvalue weighted by Crippen LogP contribution is 2.19. The third-order valence-electron chi connectivity index (χ3n) is 2.61. The number of ether oxygens (including phenoxy) is 1. The van der Waals surface area contributed by atoms with E-state index in [4.69, 9.17) is 15.6 Å². The molecule has 82 valence electrons. The summed E-state index contributed by atoms with van der Waals surface area (Å²) in [4.78, 5) is 10.2. The van der Waals surface area contributed by atoms with Crippen LogP contribution in [0.25, 0.3) is 0 Å². The van der Waals surface area contributed by atoms with Gasteiger partial charge in [0.15, 0.2) is 0 Å². The summed E-state index contributed by atoms with van der Waals surface area (Å²) < 4.78 is 5.56. The average molecular weight is 201 g/mol. The molecule has 0 spiro atoms. The van der Waals surface area contributed by atoms with E-state index in [1.165, 1.54) is 0 Å². The van der Waals surface area contributed by atoms with Crippen LogP contribution in [0.5, 0.6) is 0 Å². The zero-order chi connectivity index (χ0) is 10.4. The predicted molar refractivity (Wildman–Crippen MR) is 53.1 cm³/mol. The summed E-state index contributed by atoms with van der Waals surface area (Å²) in [6, 6.07) is 0.342. The van der Waals surface area contributed by atoms with Crippen LogP contribution in [0.4, 0.5) is 0 Å². The molecule has 1 rings (SSSR count). The zero-order valence-corrected chi connectivity index (χ0v) is 8.45. The van der Waals surface area contributed by atoms with Gasteiger partial charge in [-0.2, -0.15) is 0 Å². The number of aliphatic carboxylic acids is 1. The molecule has 4 heteroatoms. The van der Waals surface area contributed by atoms with Gasteiger partial charge in [-0.05, 0) is 32.1 Å². The molecule has 1 aliphatic rings. The first kappa shape index (κ1) is 11.5. The molecule has 0 atom stereocenters. The Morgan fingerprint density at radius 2 is 2.00 bits per heavy atom. The number of hydrogen-bond donors (Lipinski definition) is 2. The van der Waals surface area contributed by atoms with Gasteiger partial charge in [-0.3, -0.25) is 4.79 Å². The van der Waals surface area contributed by atoms with Gasteiger partial charge in [-0.25, -0.2) is 0 Å². The fraction of sp³-hybridized carbons (Fsp3) is 0.900. The Morgan fingerprint density at radius 3 is 2.57 bits per heavy atom. The second kappa shape index (κ2) is 5.98. The van der Waals surface area contributed by atoms with E-state index in [2.05, 4.69) is 0 Å². The maximum Gasteiger partial charge on any atom is 0.303 e. The molecule has 0 aromatic rings. The van der Waals surface area contributed by atoms with Crippen LogP contribution in [-0.4, -0.2) is 29.8 Å². The van der Waals surface area contributed by atoms with E-state index in [-0.39, 0.29) is 6.42 Å². The van der Waals surface area contributed by atoms with E-state index in [1.807, 2.05) is 0 Å². The smallest absolute Gasteiger partial charge is 0.303 e. The normalized spacial score (nSPS) is 27.5. The van der Waals surface area contributed by atoms with E-state index >= 15 is 0 Å². The molecule has 0 saturated heterocycles. The molecule has 14 heavy (non-hydrogen) atoms. The summed E-state index contributed by atoms with van der Waals surface area (Å²) in [6.45, 7) is 0.562. The predicted octanol–water partition coefficient (Wildman–Crippen LogP) is 1.14. The van der Waals surface area contributed by atoms with Crippen LogP contribution < -0.4 is 5.73 Å². The van der Waals surface area contributed by atoms with Crippen molar-refractivity contribution in [1.29, 1.82) is 0 Å². The lowest BCUT2D eigenvalue weighted by Gasteiger charge is -2.26. The first-order valence-electron chi connectivity index (χ1n) is 5.27. The summed E-state index contributed by atoms with van der Waals surface area (Å²) in [5.74, 6) is -0.751. The molecule has 0 amide bonds. The van der Waals surface area contributed by atoms with Gasteiger partial charge in [-0.1, -0.05) is 0 Å². The van der Waals surface area contributed by atoms with Crippen molar-refractivity contribution in [1.82, 2.24) is 0 Å². The van der Waals surface area contributed by atoms with Crippen molar-refractivity contribution < 1.29 is 14.6 Å². The Bertz CT molecular complexity index is 176.